The summed E-state index contributed by atoms with van der Waals surface area (Å²) in [5.74, 6) is 0. The Morgan fingerprint density at radius 3 is 2.67 bits per heavy atom. The van der Waals surface area contributed by atoms with Crippen molar-refractivity contribution in [2.75, 3.05) is 5.73 Å². The zero-order valence-electron chi connectivity index (χ0n) is 8.38. The van der Waals surface area contributed by atoms with Crippen LogP contribution in [-0.2, 0) is 0 Å². The number of benzene rings is 1. The first kappa shape index (κ1) is 10.5. The Balaban J connectivity index is 2.07. The average Bonchev–Trinajstić information content (AvgIpc) is 2.65. The predicted octanol–water partition coefficient (Wildman–Crippen LogP) is 3.58. The number of thioether (sulfide) groups is 1. The van der Waals surface area contributed by atoms with E-state index in [0.717, 1.165) is 0 Å². The van der Waals surface area contributed by atoms with Gasteiger partial charge in [-0.3, -0.25) is 0 Å². The van der Waals surface area contributed by atoms with E-state index < -0.39 is 0 Å². The van der Waals surface area contributed by atoms with E-state index in [-0.39, 0.29) is 0 Å². The van der Waals surface area contributed by atoms with Gasteiger partial charge in [-0.1, -0.05) is 41.7 Å². The van der Waals surface area contributed by atoms with Crippen molar-refractivity contribution in [3.63, 3.8) is 0 Å². The highest BCUT2D eigenvalue weighted by molar-refractivity contribution is 8.01. The summed E-state index contributed by atoms with van der Waals surface area (Å²) in [4.78, 5) is 4.04. The highest BCUT2D eigenvalue weighted by Gasteiger charge is 2.08. The van der Waals surface area contributed by atoms with Gasteiger partial charge >= 0.3 is 0 Å². The van der Waals surface area contributed by atoms with Crippen molar-refractivity contribution in [1.82, 2.24) is 4.98 Å². The Kier molecular flexibility index (Phi) is 3.28. The summed E-state index contributed by atoms with van der Waals surface area (Å²) < 4.78 is 1.17. The molecule has 0 fully saturated rings. The second-order valence-corrected chi connectivity index (χ2v) is 5.89. The van der Waals surface area contributed by atoms with Crippen LogP contribution in [0.5, 0.6) is 0 Å². The molecule has 2 rings (SSSR count). The molecule has 78 valence electrons. The highest BCUT2D eigenvalue weighted by atomic mass is 32.2. The molecule has 0 radical (unpaired) electrons. The lowest BCUT2D eigenvalue weighted by molar-refractivity contribution is 1.10. The van der Waals surface area contributed by atoms with Crippen molar-refractivity contribution in [2.24, 2.45) is 0 Å². The number of thiazole rings is 1. The molecule has 0 saturated heterocycles. The normalized spacial score (nSPS) is 12.6. The first-order chi connectivity index (χ1) is 7.25. The third-order valence-electron chi connectivity index (χ3n) is 2.06. The van der Waals surface area contributed by atoms with Crippen LogP contribution in [0.25, 0.3) is 0 Å². The number of rotatable bonds is 3. The van der Waals surface area contributed by atoms with Gasteiger partial charge in [0.1, 0.15) is 0 Å². The maximum atomic E-state index is 5.59. The van der Waals surface area contributed by atoms with Gasteiger partial charge < -0.3 is 5.73 Å². The van der Waals surface area contributed by atoms with Crippen LogP contribution < -0.4 is 5.73 Å². The maximum Gasteiger partial charge on any atom is 0.181 e. The van der Waals surface area contributed by atoms with Gasteiger partial charge in [-0.15, -0.1) is 11.8 Å². The van der Waals surface area contributed by atoms with Crippen LogP contribution in [0.4, 0.5) is 5.13 Å². The number of nitrogen functional groups attached to an aromatic ring is 1. The smallest absolute Gasteiger partial charge is 0.181 e. The third kappa shape index (κ3) is 2.73. The van der Waals surface area contributed by atoms with Gasteiger partial charge in [0, 0.05) is 5.25 Å². The first-order valence-electron chi connectivity index (χ1n) is 4.68. The van der Waals surface area contributed by atoms with Gasteiger partial charge in [-0.05, 0) is 12.5 Å². The lowest BCUT2D eigenvalue weighted by Crippen LogP contribution is -1.85. The zero-order chi connectivity index (χ0) is 10.7. The lowest BCUT2D eigenvalue weighted by Gasteiger charge is -2.08. The lowest BCUT2D eigenvalue weighted by atomic mass is 10.2. The molecule has 0 bridgehead atoms. The molecular formula is C11H12N2S2. The summed E-state index contributed by atoms with van der Waals surface area (Å²) in [6, 6.07) is 10.4. The summed E-state index contributed by atoms with van der Waals surface area (Å²) >= 11 is 3.33. The molecule has 1 aromatic heterocycles. The molecule has 15 heavy (non-hydrogen) atoms. The van der Waals surface area contributed by atoms with Crippen LogP contribution in [0, 0.1) is 0 Å². The Bertz CT molecular complexity index is 425. The third-order valence-corrected chi connectivity index (χ3v) is 4.19. The van der Waals surface area contributed by atoms with Crippen molar-refractivity contribution >= 4 is 28.2 Å². The Labute approximate surface area is 97.5 Å². The SMILES string of the molecule is CC(Sc1cnc(N)s1)c1ccccc1. The number of aromatic nitrogens is 1. The standard InChI is InChI=1S/C11H12N2S2/c1-8(9-5-3-2-4-6-9)14-10-7-13-11(12)15-10/h2-8H,1H3,(H2,12,13). The quantitative estimate of drug-likeness (QED) is 0.828. The largest absolute Gasteiger partial charge is 0.375 e. The van der Waals surface area contributed by atoms with Crippen molar-refractivity contribution in [2.45, 2.75) is 16.4 Å². The Morgan fingerprint density at radius 2 is 2.07 bits per heavy atom. The van der Waals surface area contributed by atoms with E-state index >= 15 is 0 Å². The minimum absolute atomic E-state index is 0.436. The van der Waals surface area contributed by atoms with Crippen LogP contribution >= 0.6 is 23.1 Å². The molecule has 0 aliphatic heterocycles. The van der Waals surface area contributed by atoms with E-state index in [1.165, 1.54) is 9.77 Å². The van der Waals surface area contributed by atoms with Crippen LogP contribution in [0.3, 0.4) is 0 Å². The molecule has 2 nitrogen and oxygen atoms in total. The Morgan fingerprint density at radius 1 is 1.33 bits per heavy atom. The highest BCUT2D eigenvalue weighted by Crippen LogP contribution is 2.37. The topological polar surface area (TPSA) is 38.9 Å². The fourth-order valence-electron chi connectivity index (χ4n) is 1.29. The van der Waals surface area contributed by atoms with Gasteiger partial charge in [0.15, 0.2) is 5.13 Å². The van der Waals surface area contributed by atoms with Crippen LogP contribution in [0.1, 0.15) is 17.7 Å². The van der Waals surface area contributed by atoms with Gasteiger partial charge in [0.25, 0.3) is 0 Å². The van der Waals surface area contributed by atoms with Crippen molar-refractivity contribution in [1.29, 1.82) is 0 Å². The van der Waals surface area contributed by atoms with Crippen LogP contribution in [0.2, 0.25) is 0 Å². The van der Waals surface area contributed by atoms with Crippen LogP contribution in [0.15, 0.2) is 40.7 Å². The molecule has 0 aliphatic carbocycles. The van der Waals surface area contributed by atoms with Crippen molar-refractivity contribution < 1.29 is 0 Å². The molecule has 0 spiro atoms. The van der Waals surface area contributed by atoms with E-state index in [9.17, 15) is 0 Å². The molecule has 2 aromatic rings. The molecule has 0 saturated carbocycles. The van der Waals surface area contributed by atoms with E-state index in [1.54, 1.807) is 23.1 Å². The van der Waals surface area contributed by atoms with E-state index in [0.29, 0.717) is 10.4 Å². The molecule has 1 heterocycles. The monoisotopic (exact) mass is 236 g/mol. The molecule has 1 unspecified atom stereocenters. The average molecular weight is 236 g/mol. The van der Waals surface area contributed by atoms with E-state index in [2.05, 4.69) is 36.2 Å². The van der Waals surface area contributed by atoms with E-state index in [4.69, 9.17) is 5.73 Å². The maximum absolute atomic E-state index is 5.59. The number of anilines is 1. The fraction of sp³-hybridized carbons (Fsp3) is 0.182. The summed E-state index contributed by atoms with van der Waals surface area (Å²) in [6.07, 6.45) is 1.84. The number of nitrogens with two attached hydrogens (primary N) is 1. The summed E-state index contributed by atoms with van der Waals surface area (Å²) in [6.45, 7) is 2.19. The van der Waals surface area contributed by atoms with Crippen molar-refractivity contribution in [3.8, 4) is 0 Å². The predicted molar refractivity (Wildman–Crippen MR) is 67.2 cm³/mol. The molecule has 4 heteroatoms. The summed E-state index contributed by atoms with van der Waals surface area (Å²) in [7, 11) is 0. The summed E-state index contributed by atoms with van der Waals surface area (Å²) in [5.41, 5.74) is 6.92. The zero-order valence-corrected chi connectivity index (χ0v) is 10.0. The second-order valence-electron chi connectivity index (χ2n) is 3.19. The van der Waals surface area contributed by atoms with Gasteiger partial charge in [0.2, 0.25) is 0 Å². The van der Waals surface area contributed by atoms with Crippen molar-refractivity contribution in [3.05, 3.63) is 42.1 Å². The van der Waals surface area contributed by atoms with E-state index in [1.807, 2.05) is 12.3 Å². The number of nitrogens with zero attached hydrogens (tertiary/aromatic N) is 1. The Hall–Kier alpha value is -1.00. The summed E-state index contributed by atoms with van der Waals surface area (Å²) in [5, 5.41) is 1.07. The first-order valence-corrected chi connectivity index (χ1v) is 6.38. The molecular weight excluding hydrogens is 224 g/mol. The molecule has 2 N–H and O–H groups in total. The molecule has 0 aliphatic rings. The molecule has 1 atom stereocenters. The van der Waals surface area contributed by atoms with Gasteiger partial charge in [-0.2, -0.15) is 0 Å². The molecule has 1 aromatic carbocycles. The van der Waals surface area contributed by atoms with Gasteiger partial charge in [0.05, 0.1) is 10.4 Å². The second kappa shape index (κ2) is 4.68. The molecule has 0 amide bonds. The number of hydrogen-bond donors (Lipinski definition) is 1. The van der Waals surface area contributed by atoms with Gasteiger partial charge in [-0.25, -0.2) is 4.98 Å². The number of hydrogen-bond acceptors (Lipinski definition) is 4. The minimum atomic E-state index is 0.436. The minimum Gasteiger partial charge on any atom is -0.375 e. The van der Waals surface area contributed by atoms with Crippen LogP contribution in [-0.4, -0.2) is 4.98 Å². The fourth-order valence-corrected chi connectivity index (χ4v) is 3.35.